The molecule has 0 radical (unpaired) electrons. The summed E-state index contributed by atoms with van der Waals surface area (Å²) in [5.74, 6) is 0.710. The SMILES string of the molecule is CC(C)CCCC(=O)n1cnc2ccc(-c3cncnc3)cc21. The molecule has 23 heavy (non-hydrogen) atoms. The van der Waals surface area contributed by atoms with Crippen molar-refractivity contribution in [1.29, 1.82) is 0 Å². The molecule has 0 aliphatic carbocycles. The number of aromatic nitrogens is 4. The molecular formula is C18H20N4O. The molecule has 0 unspecified atom stereocenters. The minimum atomic E-state index is 0.0922. The summed E-state index contributed by atoms with van der Waals surface area (Å²) >= 11 is 0. The smallest absolute Gasteiger partial charge is 0.232 e. The molecule has 5 heteroatoms. The van der Waals surface area contributed by atoms with Crippen LogP contribution in [0.2, 0.25) is 0 Å². The van der Waals surface area contributed by atoms with Gasteiger partial charge in [-0.15, -0.1) is 0 Å². The van der Waals surface area contributed by atoms with Crippen LogP contribution in [0.25, 0.3) is 22.2 Å². The maximum atomic E-state index is 12.4. The molecule has 0 saturated heterocycles. The predicted molar refractivity (Wildman–Crippen MR) is 90.1 cm³/mol. The molecule has 0 aliphatic heterocycles. The molecule has 0 fully saturated rings. The summed E-state index contributed by atoms with van der Waals surface area (Å²) in [5, 5.41) is 0. The molecular weight excluding hydrogens is 288 g/mol. The van der Waals surface area contributed by atoms with E-state index in [0.29, 0.717) is 12.3 Å². The third-order valence-electron chi connectivity index (χ3n) is 3.88. The molecule has 3 rings (SSSR count). The molecule has 3 aromatic rings. The number of rotatable bonds is 5. The maximum absolute atomic E-state index is 12.4. The van der Waals surface area contributed by atoms with Gasteiger partial charge in [0.2, 0.25) is 5.91 Å². The van der Waals surface area contributed by atoms with E-state index in [1.54, 1.807) is 23.3 Å². The molecule has 118 valence electrons. The Balaban J connectivity index is 1.88. The third-order valence-corrected chi connectivity index (χ3v) is 3.88. The Kier molecular flexibility index (Phi) is 4.46. The highest BCUT2D eigenvalue weighted by Gasteiger charge is 2.11. The highest BCUT2D eigenvalue weighted by molar-refractivity contribution is 5.92. The first-order valence-corrected chi connectivity index (χ1v) is 7.91. The lowest BCUT2D eigenvalue weighted by Crippen LogP contribution is -2.09. The van der Waals surface area contributed by atoms with Crippen LogP contribution < -0.4 is 0 Å². The second-order valence-corrected chi connectivity index (χ2v) is 6.13. The van der Waals surface area contributed by atoms with Crippen LogP contribution in [-0.2, 0) is 0 Å². The van der Waals surface area contributed by atoms with E-state index in [-0.39, 0.29) is 5.91 Å². The van der Waals surface area contributed by atoms with Crippen LogP contribution in [0.15, 0.2) is 43.2 Å². The third kappa shape index (κ3) is 3.44. The van der Waals surface area contributed by atoms with Gasteiger partial charge < -0.3 is 0 Å². The quantitative estimate of drug-likeness (QED) is 0.716. The van der Waals surface area contributed by atoms with E-state index in [2.05, 4.69) is 28.8 Å². The Morgan fingerprint density at radius 3 is 2.70 bits per heavy atom. The fourth-order valence-electron chi connectivity index (χ4n) is 2.62. The topological polar surface area (TPSA) is 60.7 Å². The highest BCUT2D eigenvalue weighted by Crippen LogP contribution is 2.23. The molecule has 0 saturated carbocycles. The lowest BCUT2D eigenvalue weighted by Gasteiger charge is -2.06. The van der Waals surface area contributed by atoms with E-state index in [1.165, 1.54) is 6.33 Å². The Labute approximate surface area is 135 Å². The van der Waals surface area contributed by atoms with Crippen molar-refractivity contribution in [3.8, 4) is 11.1 Å². The van der Waals surface area contributed by atoms with Crippen molar-refractivity contribution >= 4 is 16.9 Å². The largest absolute Gasteiger partial charge is 0.274 e. The molecule has 1 aromatic carbocycles. The van der Waals surface area contributed by atoms with Gasteiger partial charge in [-0.1, -0.05) is 26.3 Å². The van der Waals surface area contributed by atoms with Crippen molar-refractivity contribution in [2.45, 2.75) is 33.1 Å². The number of hydrogen-bond acceptors (Lipinski definition) is 4. The number of benzene rings is 1. The first kappa shape index (κ1) is 15.3. The molecule has 0 bridgehead atoms. The Hall–Kier alpha value is -2.56. The first-order chi connectivity index (χ1) is 11.1. The van der Waals surface area contributed by atoms with Gasteiger partial charge in [0.1, 0.15) is 12.7 Å². The van der Waals surface area contributed by atoms with Crippen LogP contribution in [0.5, 0.6) is 0 Å². The average molecular weight is 308 g/mol. The molecule has 0 atom stereocenters. The van der Waals surface area contributed by atoms with Crippen LogP contribution in [0, 0.1) is 5.92 Å². The molecule has 0 N–H and O–H groups in total. The molecule has 5 nitrogen and oxygen atoms in total. The maximum Gasteiger partial charge on any atom is 0.232 e. The first-order valence-electron chi connectivity index (χ1n) is 7.91. The highest BCUT2D eigenvalue weighted by atomic mass is 16.2. The van der Waals surface area contributed by atoms with Crippen LogP contribution >= 0.6 is 0 Å². The van der Waals surface area contributed by atoms with E-state index < -0.39 is 0 Å². The molecule has 2 aromatic heterocycles. The van der Waals surface area contributed by atoms with Gasteiger partial charge in [0, 0.05) is 24.4 Å². The molecule has 0 amide bonds. The summed E-state index contributed by atoms with van der Waals surface area (Å²) in [6.07, 6.45) is 9.16. The average Bonchev–Trinajstić information content (AvgIpc) is 2.98. The number of imidazole rings is 1. The lowest BCUT2D eigenvalue weighted by molar-refractivity contribution is 0.0903. The number of carbonyl (C=O) groups excluding carboxylic acids is 1. The monoisotopic (exact) mass is 308 g/mol. The minimum Gasteiger partial charge on any atom is -0.274 e. The number of carbonyl (C=O) groups is 1. The Bertz CT molecular complexity index is 808. The standard InChI is InChI=1S/C18H20N4O/c1-13(2)4-3-5-18(23)22-12-21-16-7-6-14(8-17(16)22)15-9-19-11-20-10-15/h6-13H,3-5H2,1-2H3. The molecule has 0 aliphatic rings. The van der Waals surface area contributed by atoms with Gasteiger partial charge in [0.25, 0.3) is 0 Å². The van der Waals surface area contributed by atoms with E-state index in [0.717, 1.165) is 35.0 Å². The van der Waals surface area contributed by atoms with E-state index in [1.807, 2.05) is 18.2 Å². The van der Waals surface area contributed by atoms with Gasteiger partial charge in [-0.2, -0.15) is 0 Å². The fourth-order valence-corrected chi connectivity index (χ4v) is 2.62. The predicted octanol–water partition coefficient (Wildman–Crippen LogP) is 3.96. The van der Waals surface area contributed by atoms with Crippen molar-refractivity contribution in [3.63, 3.8) is 0 Å². The van der Waals surface area contributed by atoms with Crippen molar-refractivity contribution in [2.24, 2.45) is 5.92 Å². The van der Waals surface area contributed by atoms with Gasteiger partial charge in [-0.3, -0.25) is 9.36 Å². The van der Waals surface area contributed by atoms with Crippen LogP contribution in [0.4, 0.5) is 0 Å². The molecule has 0 spiro atoms. The van der Waals surface area contributed by atoms with Crippen molar-refractivity contribution in [3.05, 3.63) is 43.2 Å². The molecule has 2 heterocycles. The fraction of sp³-hybridized carbons (Fsp3) is 0.333. The van der Waals surface area contributed by atoms with Crippen LogP contribution in [-0.4, -0.2) is 25.4 Å². The van der Waals surface area contributed by atoms with E-state index in [4.69, 9.17) is 0 Å². The Morgan fingerprint density at radius 2 is 1.96 bits per heavy atom. The summed E-state index contributed by atoms with van der Waals surface area (Å²) in [6.45, 7) is 4.34. The van der Waals surface area contributed by atoms with Crippen molar-refractivity contribution in [1.82, 2.24) is 19.5 Å². The number of hydrogen-bond donors (Lipinski definition) is 0. The van der Waals surface area contributed by atoms with Crippen LogP contribution in [0.1, 0.15) is 37.9 Å². The lowest BCUT2D eigenvalue weighted by atomic mass is 10.1. The van der Waals surface area contributed by atoms with Gasteiger partial charge in [-0.05, 0) is 30.0 Å². The van der Waals surface area contributed by atoms with Gasteiger partial charge in [-0.25, -0.2) is 15.0 Å². The zero-order valence-corrected chi connectivity index (χ0v) is 13.4. The summed E-state index contributed by atoms with van der Waals surface area (Å²) in [5.41, 5.74) is 3.56. The normalized spacial score (nSPS) is 11.3. The zero-order chi connectivity index (χ0) is 16.2. The second-order valence-electron chi connectivity index (χ2n) is 6.13. The van der Waals surface area contributed by atoms with Gasteiger partial charge in [0.05, 0.1) is 11.0 Å². The Morgan fingerprint density at radius 1 is 1.17 bits per heavy atom. The summed E-state index contributed by atoms with van der Waals surface area (Å²) in [7, 11) is 0. The van der Waals surface area contributed by atoms with Gasteiger partial charge >= 0.3 is 0 Å². The van der Waals surface area contributed by atoms with Gasteiger partial charge in [0.15, 0.2) is 0 Å². The minimum absolute atomic E-state index is 0.0922. The zero-order valence-electron chi connectivity index (χ0n) is 13.4. The number of fused-ring (bicyclic) bond motifs is 1. The van der Waals surface area contributed by atoms with Crippen molar-refractivity contribution < 1.29 is 4.79 Å². The van der Waals surface area contributed by atoms with E-state index in [9.17, 15) is 4.79 Å². The summed E-state index contributed by atoms with van der Waals surface area (Å²) in [6, 6.07) is 5.87. The second kappa shape index (κ2) is 6.69. The van der Waals surface area contributed by atoms with E-state index >= 15 is 0 Å². The van der Waals surface area contributed by atoms with Crippen molar-refractivity contribution in [2.75, 3.05) is 0 Å². The van der Waals surface area contributed by atoms with Crippen LogP contribution in [0.3, 0.4) is 0 Å². The summed E-state index contributed by atoms with van der Waals surface area (Å²) in [4.78, 5) is 24.9. The number of nitrogens with zero attached hydrogens (tertiary/aromatic N) is 4. The summed E-state index contributed by atoms with van der Waals surface area (Å²) < 4.78 is 1.66.